The first-order chi connectivity index (χ1) is 18.7. The SMILES string of the molecule is O=C(c1cc2c(ccc3ccccc32)o1)c1cn(-c2ccccc2)nc1C(=O)c1ccc2ccccc2c1. The van der Waals surface area contributed by atoms with Gasteiger partial charge in [0.05, 0.1) is 11.3 Å². The highest BCUT2D eigenvalue weighted by atomic mass is 16.3. The second-order valence-corrected chi connectivity index (χ2v) is 9.20. The third kappa shape index (κ3) is 3.61. The lowest BCUT2D eigenvalue weighted by Crippen LogP contribution is -2.10. The van der Waals surface area contributed by atoms with E-state index in [9.17, 15) is 9.59 Å². The Morgan fingerprint density at radius 1 is 0.632 bits per heavy atom. The Balaban J connectivity index is 1.37. The number of fused-ring (bicyclic) bond motifs is 4. The van der Waals surface area contributed by atoms with Gasteiger partial charge in [-0.25, -0.2) is 4.68 Å². The van der Waals surface area contributed by atoms with Crippen LogP contribution >= 0.6 is 0 Å². The lowest BCUT2D eigenvalue weighted by Gasteiger charge is -2.03. The number of rotatable bonds is 5. The minimum absolute atomic E-state index is 0.0828. The van der Waals surface area contributed by atoms with E-state index in [-0.39, 0.29) is 22.8 Å². The second kappa shape index (κ2) is 8.68. The van der Waals surface area contributed by atoms with Gasteiger partial charge in [0, 0.05) is 17.1 Å². The lowest BCUT2D eigenvalue weighted by atomic mass is 9.99. The van der Waals surface area contributed by atoms with Crippen LogP contribution in [0.4, 0.5) is 0 Å². The van der Waals surface area contributed by atoms with Crippen molar-refractivity contribution in [1.82, 2.24) is 9.78 Å². The summed E-state index contributed by atoms with van der Waals surface area (Å²) in [5, 5.41) is 9.48. The molecule has 0 spiro atoms. The monoisotopic (exact) mass is 492 g/mol. The molecule has 0 N–H and O–H groups in total. The highest BCUT2D eigenvalue weighted by Gasteiger charge is 2.27. The van der Waals surface area contributed by atoms with Crippen molar-refractivity contribution in [2.75, 3.05) is 0 Å². The van der Waals surface area contributed by atoms with E-state index in [0.717, 1.165) is 32.6 Å². The number of hydrogen-bond donors (Lipinski definition) is 0. The van der Waals surface area contributed by atoms with Gasteiger partial charge in [0.25, 0.3) is 0 Å². The van der Waals surface area contributed by atoms with Gasteiger partial charge in [-0.15, -0.1) is 0 Å². The Kier molecular flexibility index (Phi) is 5.01. The van der Waals surface area contributed by atoms with E-state index < -0.39 is 5.78 Å². The van der Waals surface area contributed by atoms with E-state index in [4.69, 9.17) is 4.42 Å². The van der Waals surface area contributed by atoms with Crippen LogP contribution in [-0.4, -0.2) is 21.3 Å². The fraction of sp³-hybridized carbons (Fsp3) is 0. The predicted octanol–water partition coefficient (Wildman–Crippen LogP) is 7.39. The Morgan fingerprint density at radius 3 is 2.18 bits per heavy atom. The summed E-state index contributed by atoms with van der Waals surface area (Å²) < 4.78 is 7.58. The molecular formula is C33H20N2O3. The quantitative estimate of drug-likeness (QED) is 0.235. The number of carbonyl (C=O) groups is 2. The van der Waals surface area contributed by atoms with Crippen molar-refractivity contribution >= 4 is 44.1 Å². The van der Waals surface area contributed by atoms with E-state index in [1.165, 1.54) is 0 Å². The molecule has 0 aliphatic heterocycles. The average Bonchev–Trinajstić information content (AvgIpc) is 3.62. The Morgan fingerprint density at radius 2 is 1.34 bits per heavy atom. The molecule has 0 radical (unpaired) electrons. The van der Waals surface area contributed by atoms with Gasteiger partial charge in [-0.1, -0.05) is 84.9 Å². The van der Waals surface area contributed by atoms with Crippen molar-refractivity contribution in [3.05, 3.63) is 144 Å². The minimum atomic E-state index is -0.392. The Bertz CT molecular complexity index is 2020. The summed E-state index contributed by atoms with van der Waals surface area (Å²) in [5.74, 6) is -0.552. The summed E-state index contributed by atoms with van der Waals surface area (Å²) in [6.07, 6.45) is 1.61. The zero-order valence-electron chi connectivity index (χ0n) is 20.2. The Labute approximate surface area is 217 Å². The first-order valence-electron chi connectivity index (χ1n) is 12.3. The number of benzene rings is 5. The molecule has 0 bridgehead atoms. The number of ketones is 2. The molecule has 7 aromatic rings. The fourth-order valence-electron chi connectivity index (χ4n) is 4.93. The molecule has 7 rings (SSSR count). The van der Waals surface area contributed by atoms with Crippen molar-refractivity contribution in [3.63, 3.8) is 0 Å². The van der Waals surface area contributed by atoms with E-state index >= 15 is 0 Å². The van der Waals surface area contributed by atoms with Crippen LogP contribution < -0.4 is 0 Å². The van der Waals surface area contributed by atoms with Gasteiger partial charge in [0.15, 0.2) is 5.76 Å². The molecule has 0 atom stereocenters. The molecule has 5 heteroatoms. The molecule has 0 saturated heterocycles. The zero-order valence-corrected chi connectivity index (χ0v) is 20.2. The largest absolute Gasteiger partial charge is 0.453 e. The molecule has 5 aromatic carbocycles. The van der Waals surface area contributed by atoms with Crippen molar-refractivity contribution < 1.29 is 14.0 Å². The first kappa shape index (κ1) is 21.9. The van der Waals surface area contributed by atoms with Crippen LogP contribution in [0.3, 0.4) is 0 Å². The van der Waals surface area contributed by atoms with Crippen LogP contribution in [0.5, 0.6) is 0 Å². The molecule has 2 heterocycles. The molecule has 38 heavy (non-hydrogen) atoms. The average molecular weight is 493 g/mol. The van der Waals surface area contributed by atoms with Gasteiger partial charge >= 0.3 is 0 Å². The number of nitrogens with zero attached hydrogens (tertiary/aromatic N) is 2. The summed E-state index contributed by atoms with van der Waals surface area (Å²) in [7, 11) is 0. The molecule has 0 fully saturated rings. The van der Waals surface area contributed by atoms with E-state index in [2.05, 4.69) is 5.10 Å². The molecule has 0 aliphatic carbocycles. The zero-order chi connectivity index (χ0) is 25.6. The van der Waals surface area contributed by atoms with Crippen LogP contribution in [0, 0.1) is 0 Å². The predicted molar refractivity (Wildman–Crippen MR) is 148 cm³/mol. The second-order valence-electron chi connectivity index (χ2n) is 9.20. The van der Waals surface area contributed by atoms with E-state index in [1.54, 1.807) is 23.0 Å². The summed E-state index contributed by atoms with van der Waals surface area (Å²) in [5.41, 5.74) is 2.10. The first-order valence-corrected chi connectivity index (χ1v) is 12.3. The van der Waals surface area contributed by atoms with Crippen LogP contribution in [0.15, 0.2) is 126 Å². The fourth-order valence-corrected chi connectivity index (χ4v) is 4.93. The molecular weight excluding hydrogens is 472 g/mol. The van der Waals surface area contributed by atoms with Crippen molar-refractivity contribution in [2.45, 2.75) is 0 Å². The Hall–Kier alpha value is -5.29. The molecule has 0 unspecified atom stereocenters. The van der Waals surface area contributed by atoms with Crippen LogP contribution in [0.25, 0.3) is 38.2 Å². The maximum Gasteiger partial charge on any atom is 0.232 e. The molecule has 2 aromatic heterocycles. The van der Waals surface area contributed by atoms with Gasteiger partial charge in [0.2, 0.25) is 11.6 Å². The maximum absolute atomic E-state index is 13.9. The molecule has 0 saturated carbocycles. The van der Waals surface area contributed by atoms with Crippen molar-refractivity contribution in [3.8, 4) is 5.69 Å². The molecule has 0 amide bonds. The van der Waals surface area contributed by atoms with E-state index in [1.807, 2.05) is 103 Å². The van der Waals surface area contributed by atoms with E-state index in [0.29, 0.717) is 11.1 Å². The lowest BCUT2D eigenvalue weighted by molar-refractivity contribution is 0.0988. The normalized spacial score (nSPS) is 11.4. The standard InChI is InChI=1S/C33H20N2O3/c36-32(24-15-14-21-8-4-5-10-23(21)18-24)31-28(20-35(34-31)25-11-2-1-3-12-25)33(37)30-19-27-26-13-7-6-9-22(26)16-17-29(27)38-30/h1-20H. The summed E-state index contributed by atoms with van der Waals surface area (Å²) in [6.45, 7) is 0. The molecule has 5 nitrogen and oxygen atoms in total. The highest BCUT2D eigenvalue weighted by Crippen LogP contribution is 2.30. The number of para-hydroxylation sites is 1. The summed E-state index contributed by atoms with van der Waals surface area (Å²) in [6, 6.07) is 36.3. The van der Waals surface area contributed by atoms with Gasteiger partial charge < -0.3 is 4.42 Å². The number of hydrogen-bond acceptors (Lipinski definition) is 4. The molecule has 180 valence electrons. The van der Waals surface area contributed by atoms with Crippen molar-refractivity contribution in [1.29, 1.82) is 0 Å². The third-order valence-electron chi connectivity index (χ3n) is 6.86. The van der Waals surface area contributed by atoms with Gasteiger partial charge in [-0.05, 0) is 51.9 Å². The summed E-state index contributed by atoms with van der Waals surface area (Å²) in [4.78, 5) is 27.6. The van der Waals surface area contributed by atoms with Crippen LogP contribution in [0.1, 0.15) is 32.2 Å². The van der Waals surface area contributed by atoms with Crippen LogP contribution in [-0.2, 0) is 0 Å². The minimum Gasteiger partial charge on any atom is -0.453 e. The number of furan rings is 1. The van der Waals surface area contributed by atoms with Gasteiger partial charge in [-0.2, -0.15) is 5.10 Å². The topological polar surface area (TPSA) is 65.1 Å². The molecule has 0 aliphatic rings. The number of carbonyl (C=O) groups excluding carboxylic acids is 2. The van der Waals surface area contributed by atoms with Crippen molar-refractivity contribution in [2.24, 2.45) is 0 Å². The van der Waals surface area contributed by atoms with Gasteiger partial charge in [-0.3, -0.25) is 9.59 Å². The smallest absolute Gasteiger partial charge is 0.232 e. The summed E-state index contributed by atoms with van der Waals surface area (Å²) >= 11 is 0. The maximum atomic E-state index is 13.9. The van der Waals surface area contributed by atoms with Gasteiger partial charge in [0.1, 0.15) is 11.3 Å². The van der Waals surface area contributed by atoms with Crippen LogP contribution in [0.2, 0.25) is 0 Å². The number of aromatic nitrogens is 2. The highest BCUT2D eigenvalue weighted by molar-refractivity contribution is 6.20. The third-order valence-corrected chi connectivity index (χ3v) is 6.86.